The molecule has 0 radical (unpaired) electrons. The van der Waals surface area contributed by atoms with Crippen molar-refractivity contribution in [3.8, 4) is 0 Å². The van der Waals surface area contributed by atoms with E-state index in [4.69, 9.17) is 4.74 Å². The molecule has 1 N–H and O–H groups in total. The lowest BCUT2D eigenvalue weighted by Crippen LogP contribution is -2.36. The maximum atomic E-state index is 5.66. The van der Waals surface area contributed by atoms with Gasteiger partial charge in [-0.3, -0.25) is 0 Å². The first-order valence-corrected chi connectivity index (χ1v) is 6.42. The highest BCUT2D eigenvalue weighted by atomic mass is 16.5. The molecule has 96 valence electrons. The van der Waals surface area contributed by atoms with Crippen LogP contribution in [0.25, 0.3) is 0 Å². The van der Waals surface area contributed by atoms with Gasteiger partial charge in [0.05, 0.1) is 12.1 Å². The fourth-order valence-electron chi connectivity index (χ4n) is 2.30. The molecule has 2 heteroatoms. The van der Waals surface area contributed by atoms with Gasteiger partial charge in [-0.1, -0.05) is 50.6 Å². The van der Waals surface area contributed by atoms with E-state index in [1.807, 2.05) is 0 Å². The Morgan fingerprint density at radius 3 is 2.47 bits per heavy atom. The quantitative estimate of drug-likeness (QED) is 0.816. The Hall–Kier alpha value is -0.860. The second-order valence-electron chi connectivity index (χ2n) is 4.89. The molecule has 0 aliphatic heterocycles. The Morgan fingerprint density at radius 2 is 2.00 bits per heavy atom. The summed E-state index contributed by atoms with van der Waals surface area (Å²) in [4.78, 5) is 0. The van der Waals surface area contributed by atoms with E-state index in [0.717, 1.165) is 6.54 Å². The number of methoxy groups -OCH3 is 1. The van der Waals surface area contributed by atoms with E-state index in [1.165, 1.54) is 11.1 Å². The van der Waals surface area contributed by atoms with Crippen LogP contribution in [0.15, 0.2) is 24.3 Å². The van der Waals surface area contributed by atoms with Gasteiger partial charge in [-0.25, -0.2) is 0 Å². The van der Waals surface area contributed by atoms with Crippen LogP contribution in [0, 0.1) is 12.8 Å². The number of hydrogen-bond donors (Lipinski definition) is 1. The van der Waals surface area contributed by atoms with Crippen molar-refractivity contribution in [1.82, 2.24) is 5.32 Å². The molecule has 1 aromatic rings. The number of aryl methyl sites for hydroxylation is 1. The third kappa shape index (κ3) is 3.83. The maximum absolute atomic E-state index is 5.66. The van der Waals surface area contributed by atoms with Crippen LogP contribution in [-0.4, -0.2) is 19.8 Å². The fraction of sp³-hybridized carbons (Fsp3) is 0.600. The Bertz CT molecular complexity index is 335. The van der Waals surface area contributed by atoms with E-state index in [2.05, 4.69) is 57.3 Å². The van der Waals surface area contributed by atoms with Crippen LogP contribution in [0.1, 0.15) is 37.9 Å². The largest absolute Gasteiger partial charge is 0.379 e. The van der Waals surface area contributed by atoms with Gasteiger partial charge in [0.2, 0.25) is 0 Å². The van der Waals surface area contributed by atoms with Gasteiger partial charge in [-0.05, 0) is 24.9 Å². The summed E-state index contributed by atoms with van der Waals surface area (Å²) in [6.45, 7) is 9.62. The third-order valence-corrected chi connectivity index (χ3v) is 3.08. The summed E-state index contributed by atoms with van der Waals surface area (Å²) in [5.74, 6) is 0.490. The van der Waals surface area contributed by atoms with Crippen LogP contribution in [0.3, 0.4) is 0 Å². The van der Waals surface area contributed by atoms with E-state index < -0.39 is 0 Å². The molecule has 17 heavy (non-hydrogen) atoms. The Morgan fingerprint density at radius 1 is 1.29 bits per heavy atom. The molecule has 0 heterocycles. The average molecular weight is 235 g/mol. The summed E-state index contributed by atoms with van der Waals surface area (Å²) in [6.07, 6.45) is 0.205. The smallest absolute Gasteiger partial charge is 0.0788 e. The van der Waals surface area contributed by atoms with Crippen molar-refractivity contribution >= 4 is 0 Å². The SMILES string of the molecule is CCNC(c1cccc(C)c1)C(OC)C(C)C. The first-order chi connectivity index (χ1) is 8.10. The molecule has 1 rings (SSSR count). The van der Waals surface area contributed by atoms with Crippen LogP contribution >= 0.6 is 0 Å². The summed E-state index contributed by atoms with van der Waals surface area (Å²) in [5.41, 5.74) is 2.61. The van der Waals surface area contributed by atoms with Crippen LogP contribution in [0.2, 0.25) is 0 Å². The minimum atomic E-state index is 0.205. The molecule has 2 atom stereocenters. The van der Waals surface area contributed by atoms with Gasteiger partial charge in [0.15, 0.2) is 0 Å². The summed E-state index contributed by atoms with van der Waals surface area (Å²) >= 11 is 0. The van der Waals surface area contributed by atoms with Crippen LogP contribution in [0.5, 0.6) is 0 Å². The summed E-state index contributed by atoms with van der Waals surface area (Å²) in [5, 5.41) is 3.53. The van der Waals surface area contributed by atoms with Crippen molar-refractivity contribution in [1.29, 1.82) is 0 Å². The van der Waals surface area contributed by atoms with Crippen molar-refractivity contribution in [3.63, 3.8) is 0 Å². The van der Waals surface area contributed by atoms with Gasteiger partial charge in [0.25, 0.3) is 0 Å². The first-order valence-electron chi connectivity index (χ1n) is 6.42. The lowest BCUT2D eigenvalue weighted by atomic mass is 9.92. The molecular weight excluding hydrogens is 210 g/mol. The molecule has 0 aromatic heterocycles. The molecule has 1 aromatic carbocycles. The second kappa shape index (κ2) is 6.77. The number of likely N-dealkylation sites (N-methyl/N-ethyl adjacent to an activating group) is 1. The van der Waals surface area contributed by atoms with Crippen LogP contribution < -0.4 is 5.32 Å². The molecule has 0 aliphatic rings. The minimum absolute atomic E-state index is 0.205. The van der Waals surface area contributed by atoms with E-state index in [0.29, 0.717) is 5.92 Å². The van der Waals surface area contributed by atoms with Gasteiger partial charge in [0, 0.05) is 7.11 Å². The topological polar surface area (TPSA) is 21.3 Å². The number of hydrogen-bond acceptors (Lipinski definition) is 2. The summed E-state index contributed by atoms with van der Waals surface area (Å²) in [6, 6.07) is 8.92. The molecule has 2 nitrogen and oxygen atoms in total. The maximum Gasteiger partial charge on any atom is 0.0788 e. The minimum Gasteiger partial charge on any atom is -0.379 e. The van der Waals surface area contributed by atoms with Gasteiger partial charge < -0.3 is 10.1 Å². The van der Waals surface area contributed by atoms with E-state index >= 15 is 0 Å². The Balaban J connectivity index is 2.98. The van der Waals surface area contributed by atoms with Gasteiger partial charge in [-0.2, -0.15) is 0 Å². The predicted octanol–water partition coefficient (Wildman–Crippen LogP) is 3.32. The highest BCUT2D eigenvalue weighted by molar-refractivity contribution is 5.26. The summed E-state index contributed by atoms with van der Waals surface area (Å²) < 4.78 is 5.66. The van der Waals surface area contributed by atoms with Crippen molar-refractivity contribution in [2.75, 3.05) is 13.7 Å². The fourth-order valence-corrected chi connectivity index (χ4v) is 2.30. The number of rotatable bonds is 6. The molecule has 0 fully saturated rings. The Kier molecular flexibility index (Phi) is 5.66. The van der Waals surface area contributed by atoms with Crippen molar-refractivity contribution in [2.45, 2.75) is 39.8 Å². The standard InChI is InChI=1S/C15H25NO/c1-6-16-14(15(17-5)11(2)3)13-9-7-8-12(4)10-13/h7-11,14-16H,6H2,1-5H3. The van der Waals surface area contributed by atoms with Gasteiger partial charge in [-0.15, -0.1) is 0 Å². The molecule has 2 unspecified atom stereocenters. The zero-order valence-corrected chi connectivity index (χ0v) is 11.7. The van der Waals surface area contributed by atoms with Crippen molar-refractivity contribution in [3.05, 3.63) is 35.4 Å². The Labute approximate surface area is 105 Å². The van der Waals surface area contributed by atoms with Crippen molar-refractivity contribution < 1.29 is 4.74 Å². The van der Waals surface area contributed by atoms with Crippen LogP contribution in [-0.2, 0) is 4.74 Å². The number of benzene rings is 1. The monoisotopic (exact) mass is 235 g/mol. The molecule has 0 amide bonds. The second-order valence-corrected chi connectivity index (χ2v) is 4.89. The lowest BCUT2D eigenvalue weighted by molar-refractivity contribution is 0.0331. The molecular formula is C15H25NO. The zero-order chi connectivity index (χ0) is 12.8. The normalized spacial score (nSPS) is 14.9. The van der Waals surface area contributed by atoms with E-state index in [9.17, 15) is 0 Å². The number of ether oxygens (including phenoxy) is 1. The molecule has 0 aliphatic carbocycles. The molecule has 0 spiro atoms. The predicted molar refractivity (Wildman–Crippen MR) is 73.2 cm³/mol. The van der Waals surface area contributed by atoms with Crippen LogP contribution in [0.4, 0.5) is 0 Å². The van der Waals surface area contributed by atoms with Gasteiger partial charge >= 0.3 is 0 Å². The average Bonchev–Trinajstić information content (AvgIpc) is 2.28. The molecule has 0 saturated carbocycles. The van der Waals surface area contributed by atoms with Gasteiger partial charge in [0.1, 0.15) is 0 Å². The van der Waals surface area contributed by atoms with E-state index in [1.54, 1.807) is 7.11 Å². The molecule has 0 bridgehead atoms. The first kappa shape index (κ1) is 14.2. The zero-order valence-electron chi connectivity index (χ0n) is 11.7. The number of nitrogens with one attached hydrogen (secondary N) is 1. The highest BCUT2D eigenvalue weighted by Crippen LogP contribution is 2.24. The van der Waals surface area contributed by atoms with Crippen molar-refractivity contribution in [2.24, 2.45) is 5.92 Å². The molecule has 0 saturated heterocycles. The highest BCUT2D eigenvalue weighted by Gasteiger charge is 2.25. The summed E-state index contributed by atoms with van der Waals surface area (Å²) in [7, 11) is 1.80. The van der Waals surface area contributed by atoms with E-state index in [-0.39, 0.29) is 12.1 Å². The third-order valence-electron chi connectivity index (χ3n) is 3.08. The lowest BCUT2D eigenvalue weighted by Gasteiger charge is -2.30.